The van der Waals surface area contributed by atoms with Gasteiger partial charge in [-0.3, -0.25) is 10.1 Å². The van der Waals surface area contributed by atoms with Gasteiger partial charge in [0, 0.05) is 11.1 Å². The molecule has 0 atom stereocenters. The average molecular weight is 351 g/mol. The molecule has 2 heterocycles. The molecule has 0 fully saturated rings. The van der Waals surface area contributed by atoms with Crippen molar-refractivity contribution in [2.75, 3.05) is 18.5 Å². The van der Waals surface area contributed by atoms with Crippen molar-refractivity contribution in [3.05, 3.63) is 53.1 Å². The fourth-order valence-electron chi connectivity index (χ4n) is 2.70. The minimum atomic E-state index is -0.363. The van der Waals surface area contributed by atoms with E-state index in [2.05, 4.69) is 15.5 Å². The van der Waals surface area contributed by atoms with Crippen LogP contribution in [0.4, 0.5) is 6.01 Å². The molecule has 3 aromatic rings. The monoisotopic (exact) mass is 351 g/mol. The molecule has 0 spiro atoms. The second-order valence-electron chi connectivity index (χ2n) is 6.04. The number of nitrogens with zero attached hydrogens (tertiary/aromatic N) is 2. The number of hydrogen-bond donors (Lipinski definition) is 1. The van der Waals surface area contributed by atoms with E-state index >= 15 is 0 Å². The first-order chi connectivity index (χ1) is 12.6. The van der Waals surface area contributed by atoms with Gasteiger partial charge in [0.2, 0.25) is 5.89 Å². The van der Waals surface area contributed by atoms with Crippen molar-refractivity contribution >= 4 is 11.9 Å². The van der Waals surface area contributed by atoms with Crippen molar-refractivity contribution in [3.63, 3.8) is 0 Å². The Morgan fingerprint density at radius 1 is 1.00 bits per heavy atom. The van der Waals surface area contributed by atoms with Gasteiger partial charge in [-0.15, -0.1) is 5.10 Å². The maximum Gasteiger partial charge on any atom is 0.322 e. The molecule has 0 bridgehead atoms. The predicted molar refractivity (Wildman–Crippen MR) is 94.6 cm³/mol. The Hall–Kier alpha value is -3.35. The van der Waals surface area contributed by atoms with E-state index in [9.17, 15) is 4.79 Å². The summed E-state index contributed by atoms with van der Waals surface area (Å²) in [5, 5.41) is 10.6. The summed E-state index contributed by atoms with van der Waals surface area (Å²) in [6.45, 7) is 4.92. The summed E-state index contributed by atoms with van der Waals surface area (Å²) >= 11 is 0. The molecule has 26 heavy (non-hydrogen) atoms. The second-order valence-corrected chi connectivity index (χ2v) is 6.04. The summed E-state index contributed by atoms with van der Waals surface area (Å²) in [6.07, 6.45) is 0. The number of aryl methyl sites for hydroxylation is 2. The second kappa shape index (κ2) is 6.51. The largest absolute Gasteiger partial charge is 0.486 e. The topological polar surface area (TPSA) is 86.5 Å². The first-order valence-electron chi connectivity index (χ1n) is 8.22. The Balaban J connectivity index is 1.54. The van der Waals surface area contributed by atoms with Crippen LogP contribution in [0.25, 0.3) is 11.5 Å². The first kappa shape index (κ1) is 16.1. The van der Waals surface area contributed by atoms with Crippen molar-refractivity contribution in [2.24, 2.45) is 0 Å². The summed E-state index contributed by atoms with van der Waals surface area (Å²) in [5.41, 5.74) is 3.37. The molecular weight excluding hydrogens is 334 g/mol. The maximum atomic E-state index is 12.4. The molecule has 7 nitrogen and oxygen atoms in total. The van der Waals surface area contributed by atoms with Crippen LogP contribution in [0, 0.1) is 13.8 Å². The molecule has 1 amide bonds. The smallest absolute Gasteiger partial charge is 0.322 e. The van der Waals surface area contributed by atoms with Gasteiger partial charge in [-0.25, -0.2) is 0 Å². The molecule has 1 aliphatic heterocycles. The molecule has 0 saturated carbocycles. The quantitative estimate of drug-likeness (QED) is 0.778. The lowest BCUT2D eigenvalue weighted by Crippen LogP contribution is -2.17. The number of carbonyl (C=O) groups is 1. The molecule has 0 unspecified atom stereocenters. The third kappa shape index (κ3) is 3.11. The van der Waals surface area contributed by atoms with Crippen LogP contribution >= 0.6 is 0 Å². The highest BCUT2D eigenvalue weighted by Crippen LogP contribution is 2.31. The standard InChI is InChI=1S/C19H17N3O4/c1-11-3-4-12(2)14(9-11)18-21-22-19(26-18)20-17(23)13-5-6-15-16(10-13)25-8-7-24-15/h3-6,9-10H,7-8H2,1-2H3,(H,20,22,23). The Kier molecular flexibility index (Phi) is 4.04. The lowest BCUT2D eigenvalue weighted by molar-refractivity contribution is 0.102. The molecule has 2 aromatic carbocycles. The van der Waals surface area contributed by atoms with Gasteiger partial charge in [0.15, 0.2) is 11.5 Å². The minimum Gasteiger partial charge on any atom is -0.486 e. The lowest BCUT2D eigenvalue weighted by atomic mass is 10.1. The zero-order chi connectivity index (χ0) is 18.1. The van der Waals surface area contributed by atoms with Crippen LogP contribution in [0.5, 0.6) is 11.5 Å². The fraction of sp³-hybridized carbons (Fsp3) is 0.211. The van der Waals surface area contributed by atoms with Gasteiger partial charge in [0.25, 0.3) is 5.91 Å². The maximum absolute atomic E-state index is 12.4. The molecule has 4 rings (SSSR count). The Bertz CT molecular complexity index is 981. The lowest BCUT2D eigenvalue weighted by Gasteiger charge is -2.18. The Morgan fingerprint density at radius 2 is 1.81 bits per heavy atom. The zero-order valence-electron chi connectivity index (χ0n) is 14.4. The van der Waals surface area contributed by atoms with Gasteiger partial charge in [-0.2, -0.15) is 0 Å². The zero-order valence-corrected chi connectivity index (χ0v) is 14.4. The third-order valence-corrected chi connectivity index (χ3v) is 4.07. The van der Waals surface area contributed by atoms with Gasteiger partial charge >= 0.3 is 6.01 Å². The summed E-state index contributed by atoms with van der Waals surface area (Å²) in [6, 6.07) is 11.0. The van der Waals surface area contributed by atoms with Gasteiger partial charge in [0.05, 0.1) is 0 Å². The van der Waals surface area contributed by atoms with E-state index in [1.807, 2.05) is 32.0 Å². The van der Waals surface area contributed by atoms with Crippen molar-refractivity contribution in [1.82, 2.24) is 10.2 Å². The van der Waals surface area contributed by atoms with E-state index in [4.69, 9.17) is 13.9 Å². The van der Waals surface area contributed by atoms with E-state index in [1.165, 1.54) is 0 Å². The highest BCUT2D eigenvalue weighted by atomic mass is 16.6. The summed E-state index contributed by atoms with van der Waals surface area (Å²) in [7, 11) is 0. The number of ether oxygens (including phenoxy) is 2. The third-order valence-electron chi connectivity index (χ3n) is 4.07. The van der Waals surface area contributed by atoms with Crippen molar-refractivity contribution < 1.29 is 18.7 Å². The number of hydrogen-bond acceptors (Lipinski definition) is 6. The summed E-state index contributed by atoms with van der Waals surface area (Å²) in [5.74, 6) is 1.18. The van der Waals surface area contributed by atoms with Crippen LogP contribution in [-0.2, 0) is 0 Å². The van der Waals surface area contributed by atoms with Crippen LogP contribution in [0.1, 0.15) is 21.5 Å². The fourth-order valence-corrected chi connectivity index (χ4v) is 2.70. The van der Waals surface area contributed by atoms with Crippen LogP contribution in [0.15, 0.2) is 40.8 Å². The number of rotatable bonds is 3. The van der Waals surface area contributed by atoms with Gasteiger partial charge in [0.1, 0.15) is 13.2 Å². The van der Waals surface area contributed by atoms with E-state index < -0.39 is 0 Å². The van der Waals surface area contributed by atoms with Crippen LogP contribution in [0.3, 0.4) is 0 Å². The van der Waals surface area contributed by atoms with E-state index in [-0.39, 0.29) is 11.9 Å². The molecule has 1 N–H and O–H groups in total. The van der Waals surface area contributed by atoms with E-state index in [0.29, 0.717) is 36.2 Å². The number of aromatic nitrogens is 2. The van der Waals surface area contributed by atoms with Crippen LogP contribution in [0.2, 0.25) is 0 Å². The molecule has 1 aliphatic rings. The number of fused-ring (bicyclic) bond motifs is 1. The number of carbonyl (C=O) groups excluding carboxylic acids is 1. The Morgan fingerprint density at radius 3 is 2.65 bits per heavy atom. The van der Waals surface area contributed by atoms with Crippen LogP contribution in [-0.4, -0.2) is 29.3 Å². The first-order valence-corrected chi connectivity index (χ1v) is 8.22. The number of anilines is 1. The molecule has 0 aliphatic carbocycles. The van der Waals surface area contributed by atoms with Gasteiger partial charge in [-0.05, 0) is 43.7 Å². The van der Waals surface area contributed by atoms with E-state index in [1.54, 1.807) is 18.2 Å². The molecule has 132 valence electrons. The number of nitrogens with one attached hydrogen (secondary N) is 1. The van der Waals surface area contributed by atoms with Gasteiger partial charge in [-0.1, -0.05) is 22.8 Å². The summed E-state index contributed by atoms with van der Waals surface area (Å²) < 4.78 is 16.5. The SMILES string of the molecule is Cc1ccc(C)c(-c2nnc(NC(=O)c3ccc4c(c3)OCCO4)o2)c1. The highest BCUT2D eigenvalue weighted by Gasteiger charge is 2.17. The van der Waals surface area contributed by atoms with Crippen LogP contribution < -0.4 is 14.8 Å². The average Bonchev–Trinajstić information content (AvgIpc) is 3.11. The molecule has 1 aromatic heterocycles. The summed E-state index contributed by atoms with van der Waals surface area (Å²) in [4.78, 5) is 12.4. The highest BCUT2D eigenvalue weighted by molar-refractivity contribution is 6.03. The molecular formula is C19H17N3O4. The van der Waals surface area contributed by atoms with E-state index in [0.717, 1.165) is 16.7 Å². The minimum absolute atomic E-state index is 0.0424. The molecule has 0 radical (unpaired) electrons. The molecule has 0 saturated heterocycles. The van der Waals surface area contributed by atoms with Crippen molar-refractivity contribution in [1.29, 1.82) is 0 Å². The molecule has 7 heteroatoms. The number of benzene rings is 2. The van der Waals surface area contributed by atoms with Crippen molar-refractivity contribution in [2.45, 2.75) is 13.8 Å². The predicted octanol–water partition coefficient (Wildman–Crippen LogP) is 3.38. The van der Waals surface area contributed by atoms with Gasteiger partial charge < -0.3 is 13.9 Å². The Labute approximate surface area is 150 Å². The normalized spacial score (nSPS) is 12.7. The van der Waals surface area contributed by atoms with Crippen molar-refractivity contribution in [3.8, 4) is 23.0 Å². The number of amides is 1.